The lowest BCUT2D eigenvalue weighted by atomic mass is 10.1. The summed E-state index contributed by atoms with van der Waals surface area (Å²) in [5.74, 6) is 1.60. The molecule has 1 N–H and O–H groups in total. The van der Waals surface area contributed by atoms with Crippen LogP contribution in [0, 0.1) is 0 Å². The van der Waals surface area contributed by atoms with Crippen LogP contribution in [0.1, 0.15) is 25.5 Å². The van der Waals surface area contributed by atoms with E-state index in [0.717, 1.165) is 47.3 Å². The number of hydrogen-bond donors (Lipinski definition) is 1. The Morgan fingerprint density at radius 1 is 1.35 bits per heavy atom. The van der Waals surface area contributed by atoms with E-state index in [1.54, 1.807) is 11.3 Å². The third kappa shape index (κ3) is 3.20. The van der Waals surface area contributed by atoms with Gasteiger partial charge in [0.1, 0.15) is 5.01 Å². The van der Waals surface area contributed by atoms with E-state index in [9.17, 15) is 0 Å². The van der Waals surface area contributed by atoms with Crippen LogP contribution in [-0.4, -0.2) is 30.5 Å². The highest BCUT2D eigenvalue weighted by atomic mass is 32.1. The Bertz CT molecular complexity index is 682. The number of benzene rings is 1. The maximum atomic E-state index is 5.71. The predicted octanol–water partition coefficient (Wildman–Crippen LogP) is 3.20. The molecular formula is C17H20N2O3S. The minimum absolute atomic E-state index is 0.299. The predicted molar refractivity (Wildman–Crippen MR) is 88.9 cm³/mol. The van der Waals surface area contributed by atoms with Crippen LogP contribution >= 0.6 is 11.3 Å². The quantitative estimate of drug-likeness (QED) is 0.911. The Hall–Kier alpha value is -1.63. The molecule has 2 aromatic rings. The topological polar surface area (TPSA) is 52.6 Å². The van der Waals surface area contributed by atoms with Gasteiger partial charge in [0.2, 0.25) is 6.79 Å². The lowest BCUT2D eigenvalue weighted by molar-refractivity contribution is 0.0831. The van der Waals surface area contributed by atoms with Crippen molar-refractivity contribution in [1.82, 2.24) is 10.3 Å². The van der Waals surface area contributed by atoms with Crippen LogP contribution in [0.3, 0.4) is 0 Å². The molecule has 2 aliphatic heterocycles. The first-order chi connectivity index (χ1) is 11.3. The van der Waals surface area contributed by atoms with Gasteiger partial charge in [-0.2, -0.15) is 0 Å². The molecule has 1 fully saturated rings. The minimum Gasteiger partial charge on any atom is -0.454 e. The molecule has 5 nitrogen and oxygen atoms in total. The summed E-state index contributed by atoms with van der Waals surface area (Å²) in [6.07, 6.45) is 2.65. The van der Waals surface area contributed by atoms with Gasteiger partial charge in [-0.05, 0) is 38.0 Å². The van der Waals surface area contributed by atoms with Gasteiger partial charge >= 0.3 is 0 Å². The maximum absolute atomic E-state index is 5.71. The first-order valence-corrected chi connectivity index (χ1v) is 8.87. The second kappa shape index (κ2) is 6.47. The number of rotatable bonds is 5. The van der Waals surface area contributed by atoms with Crippen LogP contribution in [-0.2, 0) is 11.3 Å². The molecule has 3 heterocycles. The molecule has 0 unspecified atom stereocenters. The Morgan fingerprint density at radius 2 is 2.26 bits per heavy atom. The first-order valence-electron chi connectivity index (χ1n) is 7.99. The van der Waals surface area contributed by atoms with Gasteiger partial charge in [0.15, 0.2) is 11.5 Å². The molecule has 0 radical (unpaired) electrons. The van der Waals surface area contributed by atoms with Crippen LogP contribution in [0.25, 0.3) is 10.6 Å². The average molecular weight is 332 g/mol. The fraction of sp³-hybridized carbons (Fsp3) is 0.471. The van der Waals surface area contributed by atoms with E-state index in [-0.39, 0.29) is 0 Å². The van der Waals surface area contributed by atoms with Crippen molar-refractivity contribution in [2.45, 2.75) is 38.5 Å². The van der Waals surface area contributed by atoms with Crippen molar-refractivity contribution in [2.75, 3.05) is 13.4 Å². The summed E-state index contributed by atoms with van der Waals surface area (Å²) in [5.41, 5.74) is 2.13. The lowest BCUT2D eigenvalue weighted by Crippen LogP contribution is -2.36. The van der Waals surface area contributed by atoms with Crippen molar-refractivity contribution < 1.29 is 14.2 Å². The van der Waals surface area contributed by atoms with Gasteiger partial charge in [-0.1, -0.05) is 0 Å². The van der Waals surface area contributed by atoms with Gasteiger partial charge in [0.25, 0.3) is 0 Å². The molecule has 1 aromatic carbocycles. The highest BCUT2D eigenvalue weighted by Gasteiger charge is 2.22. The normalized spacial score (nSPS) is 20.8. The summed E-state index contributed by atoms with van der Waals surface area (Å²) >= 11 is 1.65. The largest absolute Gasteiger partial charge is 0.454 e. The van der Waals surface area contributed by atoms with Crippen molar-refractivity contribution in [1.29, 1.82) is 0 Å². The Balaban J connectivity index is 1.40. The van der Waals surface area contributed by atoms with E-state index >= 15 is 0 Å². The molecule has 1 aromatic heterocycles. The smallest absolute Gasteiger partial charge is 0.231 e. The van der Waals surface area contributed by atoms with Gasteiger partial charge in [-0.15, -0.1) is 11.3 Å². The standard InChI is InChI=1S/C17H20N2O3S/c1-11(14-3-2-6-20-14)18-8-13-9-23-17(19-13)12-4-5-15-16(7-12)22-10-21-15/h4-5,7,9,11,14,18H,2-3,6,8,10H2,1H3/t11-,14-/m1/s1. The molecule has 4 rings (SSSR count). The summed E-state index contributed by atoms with van der Waals surface area (Å²) in [6.45, 7) is 4.14. The fourth-order valence-corrected chi connectivity index (χ4v) is 3.76. The van der Waals surface area contributed by atoms with E-state index in [2.05, 4.69) is 17.6 Å². The summed E-state index contributed by atoms with van der Waals surface area (Å²) in [4.78, 5) is 4.72. The van der Waals surface area contributed by atoms with Crippen molar-refractivity contribution in [3.8, 4) is 22.1 Å². The molecular weight excluding hydrogens is 312 g/mol. The highest BCUT2D eigenvalue weighted by molar-refractivity contribution is 7.13. The molecule has 122 valence electrons. The van der Waals surface area contributed by atoms with Gasteiger partial charge in [0.05, 0.1) is 11.8 Å². The number of nitrogens with zero attached hydrogens (tertiary/aromatic N) is 1. The Labute approximate surface area is 139 Å². The minimum atomic E-state index is 0.299. The molecule has 6 heteroatoms. The van der Waals surface area contributed by atoms with Crippen LogP contribution in [0.2, 0.25) is 0 Å². The Kier molecular flexibility index (Phi) is 4.20. The number of hydrogen-bond acceptors (Lipinski definition) is 6. The van der Waals surface area contributed by atoms with Gasteiger partial charge in [-0.25, -0.2) is 4.98 Å². The van der Waals surface area contributed by atoms with E-state index < -0.39 is 0 Å². The summed E-state index contributed by atoms with van der Waals surface area (Å²) in [6, 6.07) is 6.32. The van der Waals surface area contributed by atoms with Crippen LogP contribution in [0.4, 0.5) is 0 Å². The SMILES string of the molecule is C[C@@H](NCc1csc(-c2ccc3c(c2)OCO3)n1)[C@H]1CCCO1. The van der Waals surface area contributed by atoms with Crippen molar-refractivity contribution in [3.63, 3.8) is 0 Å². The maximum Gasteiger partial charge on any atom is 0.231 e. The molecule has 0 amide bonds. The van der Waals surface area contributed by atoms with Crippen molar-refractivity contribution in [2.24, 2.45) is 0 Å². The third-order valence-electron chi connectivity index (χ3n) is 4.30. The molecule has 1 saturated heterocycles. The molecule has 0 bridgehead atoms. The first kappa shape index (κ1) is 14.9. The van der Waals surface area contributed by atoms with Gasteiger partial charge in [-0.3, -0.25) is 0 Å². The molecule has 2 aliphatic rings. The zero-order valence-corrected chi connectivity index (χ0v) is 13.9. The van der Waals surface area contributed by atoms with Crippen LogP contribution in [0.15, 0.2) is 23.6 Å². The van der Waals surface area contributed by atoms with Crippen molar-refractivity contribution in [3.05, 3.63) is 29.3 Å². The Morgan fingerprint density at radius 3 is 3.13 bits per heavy atom. The molecule has 0 aliphatic carbocycles. The number of ether oxygens (including phenoxy) is 3. The van der Waals surface area contributed by atoms with Gasteiger partial charge in [0, 0.05) is 30.1 Å². The number of aromatic nitrogens is 1. The summed E-state index contributed by atoms with van der Waals surface area (Å²) < 4.78 is 16.5. The van der Waals surface area contributed by atoms with Gasteiger partial charge < -0.3 is 19.5 Å². The molecule has 23 heavy (non-hydrogen) atoms. The average Bonchev–Trinajstić information content (AvgIpc) is 3.32. The molecule has 0 spiro atoms. The zero-order valence-electron chi connectivity index (χ0n) is 13.1. The fourth-order valence-electron chi connectivity index (χ4n) is 2.94. The zero-order chi connectivity index (χ0) is 15.6. The number of thiazole rings is 1. The monoisotopic (exact) mass is 332 g/mol. The van der Waals surface area contributed by atoms with E-state index in [1.807, 2.05) is 18.2 Å². The third-order valence-corrected chi connectivity index (χ3v) is 5.24. The van der Waals surface area contributed by atoms with E-state index in [0.29, 0.717) is 18.9 Å². The van der Waals surface area contributed by atoms with Crippen LogP contribution < -0.4 is 14.8 Å². The summed E-state index contributed by atoms with van der Waals surface area (Å²) in [5, 5.41) is 6.63. The van der Waals surface area contributed by atoms with E-state index in [4.69, 9.17) is 19.2 Å². The number of nitrogens with one attached hydrogen (secondary N) is 1. The van der Waals surface area contributed by atoms with Crippen LogP contribution in [0.5, 0.6) is 11.5 Å². The van der Waals surface area contributed by atoms with Crippen molar-refractivity contribution >= 4 is 11.3 Å². The summed E-state index contributed by atoms with van der Waals surface area (Å²) in [7, 11) is 0. The number of fused-ring (bicyclic) bond motifs is 1. The van der Waals surface area contributed by atoms with E-state index in [1.165, 1.54) is 6.42 Å². The molecule has 0 saturated carbocycles. The lowest BCUT2D eigenvalue weighted by Gasteiger charge is -2.19. The highest BCUT2D eigenvalue weighted by Crippen LogP contribution is 2.36. The second-order valence-electron chi connectivity index (χ2n) is 5.93. The second-order valence-corrected chi connectivity index (χ2v) is 6.79. The molecule has 2 atom stereocenters.